The molecule has 0 heterocycles. The number of rotatable bonds is 4. The minimum Gasteiger partial charge on any atom is -0.306 e. The predicted octanol–water partition coefficient (Wildman–Crippen LogP) is 6.58. The van der Waals surface area contributed by atoms with E-state index in [-0.39, 0.29) is 48.0 Å². The van der Waals surface area contributed by atoms with Gasteiger partial charge in [-0.1, -0.05) is 64.2 Å². The van der Waals surface area contributed by atoms with Crippen LogP contribution in [0.3, 0.4) is 0 Å². The molecule has 0 aliphatic carbocycles. The number of nitrogens with one attached hydrogen (secondary N) is 2. The van der Waals surface area contributed by atoms with Crippen LogP contribution < -0.4 is 10.6 Å². The van der Waals surface area contributed by atoms with Crippen molar-refractivity contribution in [3.05, 3.63) is 56.0 Å². The average molecular weight is 460 g/mol. The first kappa shape index (κ1) is 21.1. The number of halogens is 6. The lowest BCUT2D eigenvalue weighted by Gasteiger charge is -2.12. The Morgan fingerprint density at radius 1 is 0.962 bits per heavy atom. The summed E-state index contributed by atoms with van der Waals surface area (Å²) in [5, 5.41) is 4.41. The fourth-order valence-corrected chi connectivity index (χ4v) is 3.54. The second kappa shape index (κ2) is 9.10. The first-order valence-electron chi connectivity index (χ1n) is 6.69. The van der Waals surface area contributed by atoms with E-state index in [1.54, 1.807) is 6.07 Å². The van der Waals surface area contributed by atoms with Crippen LogP contribution in [0.15, 0.2) is 35.2 Å². The number of carbonyl (C=O) groups is 2. The molecule has 0 saturated carbocycles. The van der Waals surface area contributed by atoms with Crippen LogP contribution in [-0.2, 0) is 0 Å². The van der Waals surface area contributed by atoms with Crippen LogP contribution in [0.5, 0.6) is 0 Å². The number of anilines is 1. The van der Waals surface area contributed by atoms with E-state index < -0.39 is 17.7 Å². The molecule has 0 spiro atoms. The molecular weight excluding hydrogens is 452 g/mol. The lowest BCUT2D eigenvalue weighted by molar-refractivity contribution is 0.0967. The van der Waals surface area contributed by atoms with Crippen molar-refractivity contribution in [2.24, 2.45) is 0 Å². The van der Waals surface area contributed by atoms with Gasteiger partial charge in [-0.05, 0) is 24.3 Å². The van der Waals surface area contributed by atoms with Gasteiger partial charge in [0.15, 0.2) is 0 Å². The van der Waals surface area contributed by atoms with Gasteiger partial charge in [0.25, 0.3) is 11.7 Å². The lowest BCUT2D eigenvalue weighted by Crippen LogP contribution is -2.34. The summed E-state index contributed by atoms with van der Waals surface area (Å²) in [5.41, 5.74) is -0.0374. The van der Waals surface area contributed by atoms with Crippen molar-refractivity contribution >= 4 is 75.8 Å². The highest BCUT2D eigenvalue weighted by Gasteiger charge is 2.18. The molecule has 0 aliphatic rings. The van der Waals surface area contributed by atoms with Crippen molar-refractivity contribution in [2.75, 3.05) is 5.32 Å². The fourth-order valence-electron chi connectivity index (χ4n) is 1.84. The molecular formula is C15H8Cl4F2N2O2S. The van der Waals surface area contributed by atoms with Crippen molar-refractivity contribution in [2.45, 2.75) is 10.7 Å². The quantitative estimate of drug-likeness (QED) is 0.508. The maximum Gasteiger partial charge on any atom is 0.326 e. The number of hydrogen-bond donors (Lipinski definition) is 2. The molecule has 2 aromatic rings. The monoisotopic (exact) mass is 458 g/mol. The molecule has 26 heavy (non-hydrogen) atoms. The number of thioether (sulfide) groups is 1. The summed E-state index contributed by atoms with van der Waals surface area (Å²) >= 11 is 23.8. The van der Waals surface area contributed by atoms with E-state index in [1.807, 2.05) is 5.32 Å². The molecule has 0 fully saturated rings. The Labute approximate surface area is 171 Å². The topological polar surface area (TPSA) is 58.2 Å². The van der Waals surface area contributed by atoms with Gasteiger partial charge in [0.2, 0.25) is 0 Å². The molecule has 0 aliphatic heterocycles. The van der Waals surface area contributed by atoms with Crippen LogP contribution in [0.4, 0.5) is 19.3 Å². The minimum absolute atomic E-state index is 0.0316. The lowest BCUT2D eigenvalue weighted by atomic mass is 10.2. The van der Waals surface area contributed by atoms with Gasteiger partial charge in [0.1, 0.15) is 0 Å². The molecule has 2 N–H and O–H groups in total. The van der Waals surface area contributed by atoms with Crippen LogP contribution >= 0.6 is 58.2 Å². The number of hydrogen-bond acceptors (Lipinski definition) is 3. The number of alkyl halides is 2. The van der Waals surface area contributed by atoms with E-state index in [9.17, 15) is 18.4 Å². The van der Waals surface area contributed by atoms with Gasteiger partial charge in [-0.2, -0.15) is 8.78 Å². The Kier molecular flexibility index (Phi) is 7.37. The normalized spacial score (nSPS) is 10.7. The molecule has 11 heteroatoms. The Hall–Kier alpha value is -1.25. The SMILES string of the molecule is O=C(NC(=O)c1c(Cl)cccc1Cl)Nc1cc(Cl)c(SC(F)F)cc1Cl. The molecule has 0 atom stereocenters. The second-order valence-corrected chi connectivity index (χ2v) is 7.31. The van der Waals surface area contributed by atoms with Crippen molar-refractivity contribution < 1.29 is 18.4 Å². The Morgan fingerprint density at radius 2 is 1.58 bits per heavy atom. The summed E-state index contributed by atoms with van der Waals surface area (Å²) in [6.45, 7) is 0. The van der Waals surface area contributed by atoms with Crippen LogP contribution in [0.1, 0.15) is 10.4 Å². The van der Waals surface area contributed by atoms with Crippen LogP contribution in [-0.4, -0.2) is 17.7 Å². The van der Waals surface area contributed by atoms with Gasteiger partial charge in [0.05, 0.1) is 31.3 Å². The summed E-state index contributed by atoms with van der Waals surface area (Å²) < 4.78 is 24.9. The highest BCUT2D eigenvalue weighted by Crippen LogP contribution is 2.37. The molecule has 0 unspecified atom stereocenters. The first-order chi connectivity index (χ1) is 12.2. The second-order valence-electron chi connectivity index (χ2n) is 4.65. The Morgan fingerprint density at radius 3 is 2.15 bits per heavy atom. The molecule has 2 rings (SSSR count). The minimum atomic E-state index is -2.68. The zero-order valence-electron chi connectivity index (χ0n) is 12.5. The predicted molar refractivity (Wildman–Crippen MR) is 101 cm³/mol. The summed E-state index contributed by atoms with van der Waals surface area (Å²) in [5.74, 6) is -3.51. The standard InChI is InChI=1S/C15H8Cl4F2N2O2S/c16-6-2-1-3-7(17)12(6)13(24)23-15(25)22-10-4-9(19)11(5-8(10)18)26-14(20)21/h1-5,14H,(H2,22,23,24,25). The Bertz CT molecular complexity index is 848. The molecule has 4 nitrogen and oxygen atoms in total. The van der Waals surface area contributed by atoms with E-state index in [1.165, 1.54) is 24.3 Å². The van der Waals surface area contributed by atoms with Gasteiger partial charge in [-0.25, -0.2) is 4.79 Å². The van der Waals surface area contributed by atoms with Gasteiger partial charge in [0, 0.05) is 4.90 Å². The summed E-state index contributed by atoms with van der Waals surface area (Å²) in [7, 11) is 0. The van der Waals surface area contributed by atoms with Crippen LogP contribution in [0.2, 0.25) is 20.1 Å². The van der Waals surface area contributed by atoms with E-state index in [0.717, 1.165) is 0 Å². The molecule has 2 aromatic carbocycles. The molecule has 0 radical (unpaired) electrons. The molecule has 0 aromatic heterocycles. The molecule has 0 saturated heterocycles. The highest BCUT2D eigenvalue weighted by atomic mass is 35.5. The molecule has 3 amide bonds. The summed E-state index contributed by atoms with van der Waals surface area (Å²) in [6.07, 6.45) is 0. The van der Waals surface area contributed by atoms with Gasteiger partial charge in [-0.3, -0.25) is 10.1 Å². The fraction of sp³-hybridized carbons (Fsp3) is 0.0667. The zero-order valence-corrected chi connectivity index (χ0v) is 16.3. The number of carbonyl (C=O) groups excluding carboxylic acids is 2. The molecule has 0 bridgehead atoms. The van der Waals surface area contributed by atoms with Crippen molar-refractivity contribution in [1.29, 1.82) is 0 Å². The summed E-state index contributed by atoms with van der Waals surface area (Å²) in [4.78, 5) is 24.2. The van der Waals surface area contributed by atoms with Gasteiger partial charge < -0.3 is 5.32 Å². The van der Waals surface area contributed by atoms with Crippen LogP contribution in [0, 0.1) is 0 Å². The van der Waals surface area contributed by atoms with Crippen molar-refractivity contribution in [3.63, 3.8) is 0 Å². The smallest absolute Gasteiger partial charge is 0.306 e. The van der Waals surface area contributed by atoms with Crippen molar-refractivity contribution in [3.8, 4) is 0 Å². The third-order valence-corrected chi connectivity index (χ3v) is 5.04. The zero-order chi connectivity index (χ0) is 19.4. The maximum absolute atomic E-state index is 12.4. The number of imide groups is 1. The van der Waals surface area contributed by atoms with E-state index in [4.69, 9.17) is 46.4 Å². The van der Waals surface area contributed by atoms with Crippen LogP contribution in [0.25, 0.3) is 0 Å². The first-order valence-corrected chi connectivity index (χ1v) is 9.08. The van der Waals surface area contributed by atoms with E-state index >= 15 is 0 Å². The maximum atomic E-state index is 12.4. The average Bonchev–Trinajstić information content (AvgIpc) is 2.51. The number of urea groups is 1. The van der Waals surface area contributed by atoms with Gasteiger partial charge >= 0.3 is 6.03 Å². The third kappa shape index (κ3) is 5.37. The highest BCUT2D eigenvalue weighted by molar-refractivity contribution is 7.99. The summed E-state index contributed by atoms with van der Waals surface area (Å²) in [6, 6.07) is 5.87. The Balaban J connectivity index is 2.13. The van der Waals surface area contributed by atoms with Gasteiger partial charge in [-0.15, -0.1) is 0 Å². The molecule has 138 valence electrons. The van der Waals surface area contributed by atoms with Crippen molar-refractivity contribution in [1.82, 2.24) is 5.32 Å². The third-order valence-electron chi connectivity index (χ3n) is 2.90. The number of benzene rings is 2. The van der Waals surface area contributed by atoms with E-state index in [2.05, 4.69) is 5.32 Å². The number of amides is 3. The van der Waals surface area contributed by atoms with E-state index in [0.29, 0.717) is 0 Å². The largest absolute Gasteiger partial charge is 0.326 e.